The van der Waals surface area contributed by atoms with E-state index in [0.29, 0.717) is 17.7 Å². The van der Waals surface area contributed by atoms with E-state index in [2.05, 4.69) is 327 Å². The van der Waals surface area contributed by atoms with Crippen molar-refractivity contribution in [2.45, 2.75) is 44.4 Å². The highest BCUT2D eigenvalue weighted by Crippen LogP contribution is 2.54. The summed E-state index contributed by atoms with van der Waals surface area (Å²) in [6.07, 6.45) is 9.26. The first-order valence-electron chi connectivity index (χ1n) is 32.0. The van der Waals surface area contributed by atoms with E-state index in [1.165, 1.54) is 105 Å². The Morgan fingerprint density at radius 2 is 0.835 bits per heavy atom. The standard InChI is InChI=1S/C86H61N5/c1-85(2)72-28-13-8-23-61(72)63-41-37-59(50-74(63)85)89-77-31-16-11-25-65(77)70-46-53(35-43-79(70)89)55-33-39-67-68-40-34-56(49-82(68)91(81(67)48-55)58-22-18-21-57(45-58)84-87-76-30-15-10-27-69(76)83(88-84)52-19-6-5-7-20-52)54-36-44-80-71(47-54)66-26-12-17-32-78(66)90(80)60-38-42-64-62-24-9-14-29-73(62)86(3,4)75(64)51-60/h5-51,61,72H,1-4H3. The third kappa shape index (κ3) is 7.58. The van der Waals surface area contributed by atoms with Crippen molar-refractivity contribution in [2.24, 2.45) is 5.92 Å². The lowest BCUT2D eigenvalue weighted by molar-refractivity contribution is 0.394. The molecule has 91 heavy (non-hydrogen) atoms. The molecule has 0 saturated heterocycles. The summed E-state index contributed by atoms with van der Waals surface area (Å²) in [6, 6.07) is 97.0. The molecule has 0 spiro atoms. The van der Waals surface area contributed by atoms with Crippen molar-refractivity contribution in [1.82, 2.24) is 23.7 Å². The van der Waals surface area contributed by atoms with Crippen LogP contribution in [0.4, 0.5) is 0 Å². The van der Waals surface area contributed by atoms with Crippen LogP contribution < -0.4 is 0 Å². The third-order valence-electron chi connectivity index (χ3n) is 20.9. The summed E-state index contributed by atoms with van der Waals surface area (Å²) < 4.78 is 7.42. The minimum atomic E-state index is -0.109. The highest BCUT2D eigenvalue weighted by Gasteiger charge is 2.44. The maximum absolute atomic E-state index is 5.37. The Hall–Kier alpha value is -11.1. The summed E-state index contributed by atoms with van der Waals surface area (Å²) in [5, 5.41) is 8.33. The molecule has 0 saturated carbocycles. The molecule has 16 aromatic rings. The van der Waals surface area contributed by atoms with Crippen molar-refractivity contribution in [3.8, 4) is 73.1 Å². The maximum atomic E-state index is 5.37. The Balaban J connectivity index is 0.776. The summed E-state index contributed by atoms with van der Waals surface area (Å²) in [5.74, 6) is 1.54. The molecule has 3 aliphatic carbocycles. The Bertz CT molecular complexity index is 5860. The molecule has 5 nitrogen and oxygen atoms in total. The average Bonchev–Trinajstić information content (AvgIpc) is 1.62. The van der Waals surface area contributed by atoms with Crippen molar-refractivity contribution in [3.05, 3.63) is 307 Å². The van der Waals surface area contributed by atoms with Crippen LogP contribution >= 0.6 is 0 Å². The molecule has 0 fully saturated rings. The summed E-state index contributed by atoms with van der Waals surface area (Å²) in [7, 11) is 0. The zero-order valence-corrected chi connectivity index (χ0v) is 51.0. The number of nitrogens with zero attached hydrogens (tertiary/aromatic N) is 5. The highest BCUT2D eigenvalue weighted by molar-refractivity contribution is 6.14. The molecule has 2 atom stereocenters. The highest BCUT2D eigenvalue weighted by atomic mass is 15.0. The number of allylic oxidation sites excluding steroid dienone is 4. The second-order valence-corrected chi connectivity index (χ2v) is 26.5. The monoisotopic (exact) mass is 1160 g/mol. The topological polar surface area (TPSA) is 40.6 Å². The van der Waals surface area contributed by atoms with Gasteiger partial charge in [-0.3, -0.25) is 0 Å². The van der Waals surface area contributed by atoms with Gasteiger partial charge in [0.2, 0.25) is 0 Å². The summed E-state index contributed by atoms with van der Waals surface area (Å²) in [4.78, 5) is 10.6. The van der Waals surface area contributed by atoms with Gasteiger partial charge in [0, 0.05) is 77.2 Å². The molecule has 2 unspecified atom stereocenters. The van der Waals surface area contributed by atoms with Gasteiger partial charge >= 0.3 is 0 Å². The zero-order chi connectivity index (χ0) is 60.4. The van der Waals surface area contributed by atoms with Crippen LogP contribution in [-0.2, 0) is 10.8 Å². The molecule has 0 aliphatic heterocycles. The van der Waals surface area contributed by atoms with Gasteiger partial charge in [-0.2, -0.15) is 0 Å². The number of para-hydroxylation sites is 3. The Kier molecular flexibility index (Phi) is 10.9. The van der Waals surface area contributed by atoms with Crippen molar-refractivity contribution in [1.29, 1.82) is 0 Å². The Morgan fingerprint density at radius 3 is 1.54 bits per heavy atom. The molecular weight excluding hydrogens is 1100 g/mol. The molecule has 0 radical (unpaired) electrons. The van der Waals surface area contributed by atoms with Crippen LogP contribution in [0.2, 0.25) is 0 Å². The lowest BCUT2D eigenvalue weighted by atomic mass is 9.74. The van der Waals surface area contributed by atoms with E-state index in [0.717, 1.165) is 61.1 Å². The summed E-state index contributed by atoms with van der Waals surface area (Å²) in [5.41, 5.74) is 27.1. The van der Waals surface area contributed by atoms with Gasteiger partial charge in [-0.25, -0.2) is 9.97 Å². The fourth-order valence-electron chi connectivity index (χ4n) is 16.5. The molecule has 3 aliphatic rings. The van der Waals surface area contributed by atoms with Crippen LogP contribution in [0.15, 0.2) is 285 Å². The van der Waals surface area contributed by atoms with E-state index in [1.54, 1.807) is 0 Å². The average molecular weight is 1160 g/mol. The van der Waals surface area contributed by atoms with Gasteiger partial charge in [0.25, 0.3) is 0 Å². The maximum Gasteiger partial charge on any atom is 0.160 e. The quantitative estimate of drug-likeness (QED) is 0.160. The number of hydrogen-bond donors (Lipinski definition) is 0. The smallest absolute Gasteiger partial charge is 0.160 e. The number of aromatic nitrogens is 5. The molecule has 0 bridgehead atoms. The predicted molar refractivity (Wildman–Crippen MR) is 379 cm³/mol. The molecule has 5 heteroatoms. The molecule has 430 valence electrons. The number of rotatable bonds is 7. The normalized spacial score (nSPS) is 16.0. The van der Waals surface area contributed by atoms with E-state index in [4.69, 9.17) is 9.97 Å². The van der Waals surface area contributed by atoms with E-state index >= 15 is 0 Å². The van der Waals surface area contributed by atoms with E-state index in [1.807, 2.05) is 0 Å². The third-order valence-corrected chi connectivity index (χ3v) is 20.9. The first-order valence-corrected chi connectivity index (χ1v) is 32.0. The second kappa shape index (κ2) is 19.2. The van der Waals surface area contributed by atoms with Crippen LogP contribution in [0.3, 0.4) is 0 Å². The van der Waals surface area contributed by atoms with Crippen LogP contribution in [0, 0.1) is 5.92 Å². The lowest BCUT2D eigenvalue weighted by Gasteiger charge is -2.29. The summed E-state index contributed by atoms with van der Waals surface area (Å²) in [6.45, 7) is 9.57. The van der Waals surface area contributed by atoms with Crippen molar-refractivity contribution in [2.75, 3.05) is 0 Å². The lowest BCUT2D eigenvalue weighted by Crippen LogP contribution is -2.24. The van der Waals surface area contributed by atoms with Crippen molar-refractivity contribution >= 4 is 76.3 Å². The van der Waals surface area contributed by atoms with E-state index in [-0.39, 0.29) is 10.8 Å². The molecule has 4 heterocycles. The fraction of sp³-hybridized carbons (Fsp3) is 0.0930. The van der Waals surface area contributed by atoms with Crippen LogP contribution in [0.25, 0.3) is 149 Å². The van der Waals surface area contributed by atoms with E-state index in [9.17, 15) is 0 Å². The van der Waals surface area contributed by atoms with Gasteiger partial charge in [-0.1, -0.05) is 222 Å². The van der Waals surface area contributed by atoms with Crippen LogP contribution in [-0.4, -0.2) is 23.7 Å². The first kappa shape index (κ1) is 51.9. The van der Waals surface area contributed by atoms with Gasteiger partial charge < -0.3 is 13.7 Å². The first-order chi connectivity index (χ1) is 44.6. The van der Waals surface area contributed by atoms with Crippen molar-refractivity contribution < 1.29 is 0 Å². The predicted octanol–water partition coefficient (Wildman–Crippen LogP) is 22.0. The summed E-state index contributed by atoms with van der Waals surface area (Å²) >= 11 is 0. The number of fused-ring (bicyclic) bond motifs is 16. The van der Waals surface area contributed by atoms with Crippen LogP contribution in [0.1, 0.15) is 55.9 Å². The second-order valence-electron chi connectivity index (χ2n) is 26.5. The molecule has 0 N–H and O–H groups in total. The van der Waals surface area contributed by atoms with Crippen molar-refractivity contribution in [3.63, 3.8) is 0 Å². The Labute approximate surface area is 527 Å². The largest absolute Gasteiger partial charge is 0.309 e. The number of benzene rings is 12. The fourth-order valence-corrected chi connectivity index (χ4v) is 16.5. The van der Waals surface area contributed by atoms with E-state index < -0.39 is 0 Å². The molecule has 19 rings (SSSR count). The minimum Gasteiger partial charge on any atom is -0.309 e. The number of hydrogen-bond acceptors (Lipinski definition) is 2. The van der Waals surface area contributed by atoms with Crippen LogP contribution in [0.5, 0.6) is 0 Å². The van der Waals surface area contributed by atoms with Gasteiger partial charge in [-0.05, 0) is 158 Å². The SMILES string of the molecule is CC1(C)c2ccccc2-c2ccc(-n3c4ccccc4c4cc(-c5ccc6c7ccc(-c8ccc9c(c8)c8ccccc8n9-c8ccc9c(c8)C(C)(C)C8C=CC=CC98)cc7n(-c7cccc(-c8nc(-c9ccccc9)c9ccccc9n8)c7)c6c5)ccc43)cc21. The van der Waals surface area contributed by atoms with Gasteiger partial charge in [-0.15, -0.1) is 0 Å². The van der Waals surface area contributed by atoms with Gasteiger partial charge in [0.1, 0.15) is 0 Å². The van der Waals surface area contributed by atoms with Gasteiger partial charge in [0.15, 0.2) is 5.82 Å². The molecular formula is C86H61N5. The minimum absolute atomic E-state index is 0.0106. The molecule has 0 amide bonds. The molecule has 4 aromatic heterocycles. The zero-order valence-electron chi connectivity index (χ0n) is 51.0. The molecule has 12 aromatic carbocycles. The van der Waals surface area contributed by atoms with Gasteiger partial charge in [0.05, 0.1) is 44.3 Å². The Morgan fingerprint density at radius 1 is 0.319 bits per heavy atom.